The summed E-state index contributed by atoms with van der Waals surface area (Å²) in [7, 11) is 0. The van der Waals surface area contributed by atoms with E-state index in [2.05, 4.69) is 6.92 Å². The lowest BCUT2D eigenvalue weighted by Crippen LogP contribution is -2.30. The first kappa shape index (κ1) is 15.9. The number of rotatable bonds is 11. The molecular weight excluding hydrogens is 200 g/mol. The lowest BCUT2D eigenvalue weighted by Gasteiger charge is -2.22. The second kappa shape index (κ2) is 10.1. The van der Waals surface area contributed by atoms with Crippen LogP contribution in [0.5, 0.6) is 0 Å². The molecule has 0 radical (unpaired) electrons. The number of aliphatic hydroxyl groups is 1. The smallest absolute Gasteiger partial charge is 0.0852 e. The molecule has 0 fully saturated rings. The van der Waals surface area contributed by atoms with E-state index in [1.807, 2.05) is 13.8 Å². The minimum atomic E-state index is -0.626. The molecule has 1 N–H and O–H groups in total. The molecule has 0 spiro atoms. The van der Waals surface area contributed by atoms with Crippen LogP contribution in [0.2, 0.25) is 0 Å². The van der Waals surface area contributed by atoms with Gasteiger partial charge in [-0.1, -0.05) is 51.9 Å². The predicted octanol–water partition coefficient (Wildman–Crippen LogP) is 3.91. The van der Waals surface area contributed by atoms with Crippen molar-refractivity contribution in [1.82, 2.24) is 0 Å². The SMILES string of the molecule is CCCCCCCCCC(C)(O)COCC. The van der Waals surface area contributed by atoms with Crippen molar-refractivity contribution in [3.05, 3.63) is 0 Å². The molecule has 0 heterocycles. The highest BCUT2D eigenvalue weighted by Crippen LogP contribution is 2.16. The highest BCUT2D eigenvalue weighted by molar-refractivity contribution is 4.71. The van der Waals surface area contributed by atoms with Gasteiger partial charge in [-0.05, 0) is 20.3 Å². The van der Waals surface area contributed by atoms with Gasteiger partial charge in [0.1, 0.15) is 0 Å². The molecule has 0 rings (SSSR count). The second-order valence-corrected chi connectivity index (χ2v) is 5.01. The highest BCUT2D eigenvalue weighted by Gasteiger charge is 2.19. The van der Waals surface area contributed by atoms with Gasteiger partial charge >= 0.3 is 0 Å². The second-order valence-electron chi connectivity index (χ2n) is 5.01. The van der Waals surface area contributed by atoms with E-state index in [4.69, 9.17) is 4.74 Å². The monoisotopic (exact) mass is 230 g/mol. The fraction of sp³-hybridized carbons (Fsp3) is 1.00. The molecule has 98 valence electrons. The number of ether oxygens (including phenoxy) is 1. The van der Waals surface area contributed by atoms with Crippen molar-refractivity contribution < 1.29 is 9.84 Å². The molecule has 1 unspecified atom stereocenters. The zero-order chi connectivity index (χ0) is 12.3. The van der Waals surface area contributed by atoms with Crippen LogP contribution in [0.4, 0.5) is 0 Å². The Morgan fingerprint density at radius 1 is 0.938 bits per heavy atom. The molecule has 0 aliphatic heterocycles. The van der Waals surface area contributed by atoms with Crippen molar-refractivity contribution in [3.63, 3.8) is 0 Å². The quantitative estimate of drug-likeness (QED) is 0.545. The van der Waals surface area contributed by atoms with E-state index in [9.17, 15) is 5.11 Å². The third-order valence-corrected chi connectivity index (χ3v) is 2.94. The van der Waals surface area contributed by atoms with Crippen molar-refractivity contribution >= 4 is 0 Å². The summed E-state index contributed by atoms with van der Waals surface area (Å²) in [5.41, 5.74) is -0.626. The van der Waals surface area contributed by atoms with Gasteiger partial charge in [0.15, 0.2) is 0 Å². The van der Waals surface area contributed by atoms with Crippen LogP contribution in [-0.4, -0.2) is 23.9 Å². The standard InChI is InChI=1S/C14H30O2/c1-4-6-7-8-9-10-11-12-14(3,15)13-16-5-2/h15H,4-13H2,1-3H3. The minimum absolute atomic E-state index is 0.472. The third kappa shape index (κ3) is 10.4. The molecule has 0 bridgehead atoms. The summed E-state index contributed by atoms with van der Waals surface area (Å²) in [6.07, 6.45) is 9.92. The Labute approximate surface area is 101 Å². The molecule has 0 aliphatic rings. The van der Waals surface area contributed by atoms with Crippen LogP contribution in [0, 0.1) is 0 Å². The van der Waals surface area contributed by atoms with Gasteiger partial charge in [-0.25, -0.2) is 0 Å². The van der Waals surface area contributed by atoms with Gasteiger partial charge in [-0.2, -0.15) is 0 Å². The number of hydrogen-bond donors (Lipinski definition) is 1. The lowest BCUT2D eigenvalue weighted by atomic mass is 9.98. The summed E-state index contributed by atoms with van der Waals surface area (Å²) in [5, 5.41) is 9.96. The minimum Gasteiger partial charge on any atom is -0.388 e. The zero-order valence-electron chi connectivity index (χ0n) is 11.4. The first-order valence-corrected chi connectivity index (χ1v) is 6.92. The highest BCUT2D eigenvalue weighted by atomic mass is 16.5. The summed E-state index contributed by atoms with van der Waals surface area (Å²) >= 11 is 0. The van der Waals surface area contributed by atoms with Crippen LogP contribution in [0.25, 0.3) is 0 Å². The predicted molar refractivity (Wildman–Crippen MR) is 69.7 cm³/mol. The van der Waals surface area contributed by atoms with E-state index in [1.165, 1.54) is 38.5 Å². The Morgan fingerprint density at radius 3 is 2.06 bits per heavy atom. The Balaban J connectivity index is 3.29. The Bertz CT molecular complexity index is 144. The summed E-state index contributed by atoms with van der Waals surface area (Å²) in [4.78, 5) is 0. The van der Waals surface area contributed by atoms with Gasteiger partial charge in [0.25, 0.3) is 0 Å². The average Bonchev–Trinajstić information content (AvgIpc) is 2.25. The molecule has 2 heteroatoms. The summed E-state index contributed by atoms with van der Waals surface area (Å²) in [6.45, 7) is 7.24. The van der Waals surface area contributed by atoms with E-state index >= 15 is 0 Å². The molecule has 16 heavy (non-hydrogen) atoms. The fourth-order valence-corrected chi connectivity index (χ4v) is 1.86. The molecule has 0 aliphatic carbocycles. The van der Waals surface area contributed by atoms with Crippen molar-refractivity contribution in [2.75, 3.05) is 13.2 Å². The normalized spacial score (nSPS) is 15.0. The molecular formula is C14H30O2. The van der Waals surface area contributed by atoms with Crippen LogP contribution >= 0.6 is 0 Å². The molecule has 0 saturated heterocycles. The van der Waals surface area contributed by atoms with E-state index in [1.54, 1.807) is 0 Å². The van der Waals surface area contributed by atoms with E-state index in [-0.39, 0.29) is 0 Å². The third-order valence-electron chi connectivity index (χ3n) is 2.94. The molecule has 0 aromatic carbocycles. The van der Waals surface area contributed by atoms with Crippen molar-refractivity contribution in [3.8, 4) is 0 Å². The summed E-state index contributed by atoms with van der Waals surface area (Å²) in [6, 6.07) is 0. The average molecular weight is 230 g/mol. The van der Waals surface area contributed by atoms with Gasteiger partial charge in [-0.3, -0.25) is 0 Å². The van der Waals surface area contributed by atoms with Gasteiger partial charge in [0.05, 0.1) is 12.2 Å². The molecule has 0 saturated carbocycles. The van der Waals surface area contributed by atoms with Crippen LogP contribution in [0.1, 0.15) is 72.1 Å². The van der Waals surface area contributed by atoms with Gasteiger partial charge in [-0.15, -0.1) is 0 Å². The molecule has 0 aromatic rings. The van der Waals surface area contributed by atoms with E-state index < -0.39 is 5.60 Å². The van der Waals surface area contributed by atoms with Crippen LogP contribution in [0.15, 0.2) is 0 Å². The number of unbranched alkanes of at least 4 members (excludes halogenated alkanes) is 6. The molecule has 0 amide bonds. The molecule has 0 aromatic heterocycles. The number of hydrogen-bond acceptors (Lipinski definition) is 2. The summed E-state index contributed by atoms with van der Waals surface area (Å²) < 4.78 is 5.26. The van der Waals surface area contributed by atoms with Crippen molar-refractivity contribution in [2.45, 2.75) is 77.7 Å². The van der Waals surface area contributed by atoms with Crippen molar-refractivity contribution in [2.24, 2.45) is 0 Å². The van der Waals surface area contributed by atoms with Crippen LogP contribution in [-0.2, 0) is 4.74 Å². The van der Waals surface area contributed by atoms with E-state index in [0.29, 0.717) is 13.2 Å². The first-order valence-electron chi connectivity index (χ1n) is 6.92. The Kier molecular flexibility index (Phi) is 10.0. The van der Waals surface area contributed by atoms with Crippen LogP contribution in [0.3, 0.4) is 0 Å². The first-order chi connectivity index (χ1) is 7.62. The van der Waals surface area contributed by atoms with E-state index in [0.717, 1.165) is 12.8 Å². The Morgan fingerprint density at radius 2 is 1.50 bits per heavy atom. The lowest BCUT2D eigenvalue weighted by molar-refractivity contribution is -0.0369. The largest absolute Gasteiger partial charge is 0.388 e. The molecule has 1 atom stereocenters. The molecule has 2 nitrogen and oxygen atoms in total. The van der Waals surface area contributed by atoms with Gasteiger partial charge in [0.2, 0.25) is 0 Å². The summed E-state index contributed by atoms with van der Waals surface area (Å²) in [5.74, 6) is 0. The maximum Gasteiger partial charge on any atom is 0.0852 e. The van der Waals surface area contributed by atoms with Gasteiger partial charge in [0, 0.05) is 6.61 Å². The maximum atomic E-state index is 9.96. The maximum absolute atomic E-state index is 9.96. The Hall–Kier alpha value is -0.0800. The zero-order valence-corrected chi connectivity index (χ0v) is 11.4. The van der Waals surface area contributed by atoms with Crippen molar-refractivity contribution in [1.29, 1.82) is 0 Å². The van der Waals surface area contributed by atoms with Crippen LogP contribution < -0.4 is 0 Å². The fourth-order valence-electron chi connectivity index (χ4n) is 1.86. The van der Waals surface area contributed by atoms with Gasteiger partial charge < -0.3 is 9.84 Å². The topological polar surface area (TPSA) is 29.5 Å².